The molecule has 1 atom stereocenters. The molecule has 1 N–H and O–H groups in total. The zero-order chi connectivity index (χ0) is 21.0. The molecule has 0 bridgehead atoms. The monoisotopic (exact) mass is 448 g/mol. The number of aliphatic carboxylic acids is 1. The summed E-state index contributed by atoms with van der Waals surface area (Å²) in [6.07, 6.45) is -0.0605. The topological polar surface area (TPSA) is 70.5 Å². The summed E-state index contributed by atoms with van der Waals surface area (Å²) in [5.41, 5.74) is 2.17. The number of nitrogens with zero attached hydrogens (tertiary/aromatic N) is 2. The third kappa shape index (κ3) is 5.15. The molecule has 0 saturated carbocycles. The lowest BCUT2D eigenvalue weighted by molar-refractivity contribution is -0.140. The molecule has 3 aromatic rings. The van der Waals surface area contributed by atoms with Gasteiger partial charge in [-0.15, -0.1) is 11.3 Å². The van der Waals surface area contributed by atoms with E-state index in [1.165, 1.54) is 16.2 Å². The van der Waals surface area contributed by atoms with E-state index in [0.717, 1.165) is 11.1 Å². The Balaban J connectivity index is 1.83. The minimum absolute atomic E-state index is 0.234. The molecular formula is C21H18Cl2N2O3S. The van der Waals surface area contributed by atoms with Crippen LogP contribution in [-0.4, -0.2) is 29.0 Å². The molecule has 5 nitrogen and oxygen atoms in total. The minimum Gasteiger partial charge on any atom is -0.481 e. The molecule has 0 aliphatic rings. The molecule has 0 aliphatic heterocycles. The first-order valence-electron chi connectivity index (χ1n) is 8.80. The van der Waals surface area contributed by atoms with Gasteiger partial charge in [-0.2, -0.15) is 0 Å². The van der Waals surface area contributed by atoms with E-state index in [4.69, 9.17) is 23.2 Å². The standard InChI is InChI=1S/C21H18Cl2N2O3S/c1-25(21-24-18(12-29-21)15-7-3-5-9-17(15)23)20(28)14(11-19(26)27)10-13-6-2-4-8-16(13)22/h2-9,12,14H,10-11H2,1H3,(H,26,27)/t14-/m1/s1. The Kier molecular flexibility index (Phi) is 6.90. The first-order valence-corrected chi connectivity index (χ1v) is 10.4. The lowest BCUT2D eigenvalue weighted by atomic mass is 9.95. The lowest BCUT2D eigenvalue weighted by Gasteiger charge is -2.21. The number of thiazole rings is 1. The molecular weight excluding hydrogens is 431 g/mol. The van der Waals surface area contributed by atoms with Gasteiger partial charge in [-0.1, -0.05) is 59.6 Å². The molecule has 1 amide bonds. The highest BCUT2D eigenvalue weighted by atomic mass is 35.5. The van der Waals surface area contributed by atoms with Gasteiger partial charge < -0.3 is 5.11 Å². The highest BCUT2D eigenvalue weighted by Crippen LogP contribution is 2.32. The normalized spacial score (nSPS) is 11.8. The second-order valence-electron chi connectivity index (χ2n) is 6.48. The Hall–Kier alpha value is -2.41. The van der Waals surface area contributed by atoms with Crippen LogP contribution in [0.2, 0.25) is 10.0 Å². The van der Waals surface area contributed by atoms with Gasteiger partial charge in [0.2, 0.25) is 5.91 Å². The molecule has 8 heteroatoms. The lowest BCUT2D eigenvalue weighted by Crippen LogP contribution is -2.35. The van der Waals surface area contributed by atoms with Gasteiger partial charge in [-0.3, -0.25) is 14.5 Å². The zero-order valence-electron chi connectivity index (χ0n) is 15.5. The first kappa shape index (κ1) is 21.3. The van der Waals surface area contributed by atoms with Crippen molar-refractivity contribution in [3.63, 3.8) is 0 Å². The zero-order valence-corrected chi connectivity index (χ0v) is 17.8. The van der Waals surface area contributed by atoms with E-state index in [1.807, 2.05) is 29.6 Å². The van der Waals surface area contributed by atoms with Crippen molar-refractivity contribution >= 4 is 51.5 Å². The fourth-order valence-corrected chi connectivity index (χ4v) is 4.21. The van der Waals surface area contributed by atoms with Crippen molar-refractivity contribution in [1.82, 2.24) is 4.98 Å². The number of amides is 1. The largest absolute Gasteiger partial charge is 0.481 e. The SMILES string of the molecule is CN(C(=O)[C@@H](CC(=O)O)Cc1ccccc1Cl)c1nc(-c2ccccc2Cl)cs1. The summed E-state index contributed by atoms with van der Waals surface area (Å²) in [5.74, 6) is -2.13. The molecule has 1 heterocycles. The van der Waals surface area contributed by atoms with Gasteiger partial charge in [0.1, 0.15) is 0 Å². The molecule has 2 aromatic carbocycles. The van der Waals surface area contributed by atoms with Crippen LogP contribution in [-0.2, 0) is 16.0 Å². The number of carbonyl (C=O) groups excluding carboxylic acids is 1. The second kappa shape index (κ2) is 9.39. The molecule has 29 heavy (non-hydrogen) atoms. The van der Waals surface area contributed by atoms with Crippen molar-refractivity contribution in [2.24, 2.45) is 5.92 Å². The molecule has 1 aromatic heterocycles. The number of hydrogen-bond donors (Lipinski definition) is 1. The number of benzene rings is 2. The third-order valence-electron chi connectivity index (χ3n) is 4.45. The van der Waals surface area contributed by atoms with Crippen molar-refractivity contribution < 1.29 is 14.7 Å². The van der Waals surface area contributed by atoms with Crippen LogP contribution >= 0.6 is 34.5 Å². The number of hydrogen-bond acceptors (Lipinski definition) is 4. The molecule has 0 spiro atoms. The summed E-state index contributed by atoms with van der Waals surface area (Å²) in [5, 5.41) is 12.7. The Labute approximate surface area is 182 Å². The van der Waals surface area contributed by atoms with E-state index < -0.39 is 11.9 Å². The third-order valence-corrected chi connectivity index (χ3v) is 6.07. The molecule has 0 unspecified atom stereocenters. The van der Waals surface area contributed by atoms with Crippen LogP contribution in [0.15, 0.2) is 53.9 Å². The van der Waals surface area contributed by atoms with E-state index in [-0.39, 0.29) is 18.7 Å². The van der Waals surface area contributed by atoms with Gasteiger partial charge in [0.15, 0.2) is 5.13 Å². The molecule has 0 aliphatic carbocycles. The van der Waals surface area contributed by atoms with Gasteiger partial charge in [0, 0.05) is 28.0 Å². The number of halogens is 2. The van der Waals surface area contributed by atoms with Gasteiger partial charge in [-0.25, -0.2) is 4.98 Å². The molecule has 3 rings (SSSR count). The summed E-state index contributed by atoms with van der Waals surface area (Å²) in [4.78, 5) is 30.3. The molecule has 0 saturated heterocycles. The van der Waals surface area contributed by atoms with Crippen molar-refractivity contribution in [2.75, 3.05) is 11.9 Å². The van der Waals surface area contributed by atoms with Crippen molar-refractivity contribution in [3.8, 4) is 11.3 Å². The van der Waals surface area contributed by atoms with E-state index in [1.54, 1.807) is 31.3 Å². The predicted octanol–water partition coefficient (Wildman–Crippen LogP) is 5.41. The van der Waals surface area contributed by atoms with Gasteiger partial charge in [0.05, 0.1) is 18.0 Å². The summed E-state index contributed by atoms with van der Waals surface area (Å²) < 4.78 is 0. The van der Waals surface area contributed by atoms with E-state index in [2.05, 4.69) is 4.98 Å². The highest BCUT2D eigenvalue weighted by Gasteiger charge is 2.28. The van der Waals surface area contributed by atoms with Crippen molar-refractivity contribution in [3.05, 3.63) is 69.5 Å². The number of anilines is 1. The maximum atomic E-state index is 13.1. The number of carboxylic acids is 1. The number of carbonyl (C=O) groups is 2. The number of carboxylic acid groups (broad SMARTS) is 1. The average Bonchev–Trinajstić information content (AvgIpc) is 3.18. The van der Waals surface area contributed by atoms with Crippen LogP contribution < -0.4 is 4.90 Å². The Morgan fingerprint density at radius 2 is 1.76 bits per heavy atom. The van der Waals surface area contributed by atoms with Crippen LogP contribution in [0.3, 0.4) is 0 Å². The Bertz CT molecular complexity index is 1040. The maximum absolute atomic E-state index is 13.1. The van der Waals surface area contributed by atoms with Crippen LogP contribution in [0.1, 0.15) is 12.0 Å². The van der Waals surface area contributed by atoms with Crippen molar-refractivity contribution in [1.29, 1.82) is 0 Å². The van der Waals surface area contributed by atoms with Gasteiger partial charge in [0.25, 0.3) is 0 Å². The fraction of sp³-hybridized carbons (Fsp3) is 0.190. The highest BCUT2D eigenvalue weighted by molar-refractivity contribution is 7.14. The Morgan fingerprint density at radius 3 is 2.41 bits per heavy atom. The van der Waals surface area contributed by atoms with Crippen LogP contribution in [0.4, 0.5) is 5.13 Å². The number of aromatic nitrogens is 1. The predicted molar refractivity (Wildman–Crippen MR) is 117 cm³/mol. The Morgan fingerprint density at radius 1 is 1.10 bits per heavy atom. The minimum atomic E-state index is -1.04. The van der Waals surface area contributed by atoms with E-state index >= 15 is 0 Å². The molecule has 0 fully saturated rings. The fourth-order valence-electron chi connectivity index (χ4n) is 2.97. The summed E-state index contributed by atoms with van der Waals surface area (Å²) in [6, 6.07) is 14.4. The molecule has 150 valence electrons. The van der Waals surface area contributed by atoms with Crippen LogP contribution in [0.5, 0.6) is 0 Å². The van der Waals surface area contributed by atoms with Gasteiger partial charge in [-0.05, 0) is 24.1 Å². The van der Waals surface area contributed by atoms with Crippen LogP contribution in [0.25, 0.3) is 11.3 Å². The summed E-state index contributed by atoms with van der Waals surface area (Å²) >= 11 is 13.7. The summed E-state index contributed by atoms with van der Waals surface area (Å²) in [6.45, 7) is 0. The summed E-state index contributed by atoms with van der Waals surface area (Å²) in [7, 11) is 1.60. The quantitative estimate of drug-likeness (QED) is 0.524. The van der Waals surface area contributed by atoms with E-state index in [0.29, 0.717) is 20.9 Å². The van der Waals surface area contributed by atoms with E-state index in [9.17, 15) is 14.7 Å². The first-order chi connectivity index (χ1) is 13.9. The maximum Gasteiger partial charge on any atom is 0.304 e. The number of rotatable bonds is 7. The molecule has 0 radical (unpaired) electrons. The average molecular weight is 449 g/mol. The second-order valence-corrected chi connectivity index (χ2v) is 8.13. The smallest absolute Gasteiger partial charge is 0.304 e. The van der Waals surface area contributed by atoms with Crippen molar-refractivity contribution in [2.45, 2.75) is 12.8 Å². The van der Waals surface area contributed by atoms with Gasteiger partial charge >= 0.3 is 5.97 Å². The van der Waals surface area contributed by atoms with Crippen LogP contribution in [0, 0.1) is 5.92 Å².